The molecule has 21 heavy (non-hydrogen) atoms. The summed E-state index contributed by atoms with van der Waals surface area (Å²) in [5.74, 6) is -0.776. The lowest BCUT2D eigenvalue weighted by atomic mass is 9.99. The Bertz CT molecular complexity index is 675. The van der Waals surface area contributed by atoms with Crippen LogP contribution in [-0.4, -0.2) is 16.7 Å². The number of carbonyl (C=O) groups excluding carboxylic acids is 2. The molecular formula is C17H15ClO3. The van der Waals surface area contributed by atoms with Crippen LogP contribution in [0.15, 0.2) is 42.5 Å². The van der Waals surface area contributed by atoms with Gasteiger partial charge in [0.1, 0.15) is 5.75 Å². The largest absolute Gasteiger partial charge is 0.507 e. The molecule has 0 spiro atoms. The Morgan fingerprint density at radius 3 is 2.33 bits per heavy atom. The Hall–Kier alpha value is -2.13. The molecule has 2 aromatic rings. The summed E-state index contributed by atoms with van der Waals surface area (Å²) in [6, 6.07) is 11.3. The third kappa shape index (κ3) is 3.70. The van der Waals surface area contributed by atoms with Gasteiger partial charge >= 0.3 is 0 Å². The Balaban J connectivity index is 2.18. The first kappa shape index (κ1) is 15.3. The van der Waals surface area contributed by atoms with E-state index in [0.29, 0.717) is 10.6 Å². The van der Waals surface area contributed by atoms with Crippen molar-refractivity contribution in [1.82, 2.24) is 0 Å². The zero-order valence-corrected chi connectivity index (χ0v) is 12.4. The molecule has 0 atom stereocenters. The molecule has 0 saturated heterocycles. The van der Waals surface area contributed by atoms with Gasteiger partial charge in [-0.3, -0.25) is 9.59 Å². The van der Waals surface area contributed by atoms with E-state index in [0.717, 1.165) is 12.0 Å². The van der Waals surface area contributed by atoms with Gasteiger partial charge in [0.25, 0.3) is 0 Å². The lowest BCUT2D eigenvalue weighted by molar-refractivity contribution is 0.0893. The van der Waals surface area contributed by atoms with Gasteiger partial charge in [0.15, 0.2) is 11.6 Å². The molecular weight excluding hydrogens is 288 g/mol. The second kappa shape index (κ2) is 6.55. The number of rotatable bonds is 5. The van der Waals surface area contributed by atoms with E-state index in [1.807, 2.05) is 6.92 Å². The van der Waals surface area contributed by atoms with E-state index in [1.54, 1.807) is 36.4 Å². The number of ketones is 2. The van der Waals surface area contributed by atoms with Crippen molar-refractivity contribution in [1.29, 1.82) is 0 Å². The number of phenolic OH excluding ortho intramolecular Hbond substituents is 1. The Morgan fingerprint density at radius 1 is 1.05 bits per heavy atom. The molecule has 2 aromatic carbocycles. The van der Waals surface area contributed by atoms with E-state index in [4.69, 9.17) is 11.6 Å². The molecule has 108 valence electrons. The Morgan fingerprint density at radius 2 is 1.71 bits per heavy atom. The number of phenols is 1. The van der Waals surface area contributed by atoms with Gasteiger partial charge in [-0.2, -0.15) is 0 Å². The highest BCUT2D eigenvalue weighted by molar-refractivity contribution is 6.30. The summed E-state index contributed by atoms with van der Waals surface area (Å²) in [5.41, 5.74) is 1.56. The molecule has 0 aromatic heterocycles. The van der Waals surface area contributed by atoms with Crippen molar-refractivity contribution in [3.05, 3.63) is 64.2 Å². The van der Waals surface area contributed by atoms with E-state index < -0.39 is 0 Å². The highest BCUT2D eigenvalue weighted by Crippen LogP contribution is 2.21. The van der Waals surface area contributed by atoms with E-state index in [2.05, 4.69) is 0 Å². The van der Waals surface area contributed by atoms with Gasteiger partial charge in [0, 0.05) is 10.6 Å². The third-order valence-electron chi connectivity index (χ3n) is 3.26. The lowest BCUT2D eigenvalue weighted by Crippen LogP contribution is -2.09. The maximum Gasteiger partial charge on any atom is 0.174 e. The van der Waals surface area contributed by atoms with Gasteiger partial charge in [-0.15, -0.1) is 0 Å². The molecule has 1 N–H and O–H groups in total. The van der Waals surface area contributed by atoms with Crippen LogP contribution < -0.4 is 0 Å². The minimum atomic E-state index is -0.386. The fourth-order valence-corrected chi connectivity index (χ4v) is 2.13. The summed E-state index contributed by atoms with van der Waals surface area (Å²) in [4.78, 5) is 24.2. The average Bonchev–Trinajstić information content (AvgIpc) is 2.48. The SMILES string of the molecule is CCc1ccc(O)c(C(=O)CC(=O)c2ccc(Cl)cc2)c1. The van der Waals surface area contributed by atoms with Gasteiger partial charge in [-0.05, 0) is 48.4 Å². The Labute approximate surface area is 128 Å². The standard InChI is InChI=1S/C17H15ClO3/c1-2-11-3-8-15(19)14(9-11)17(21)10-16(20)12-4-6-13(18)7-5-12/h3-9,19H,2,10H2,1H3. The van der Waals surface area contributed by atoms with Gasteiger partial charge in [0.05, 0.1) is 12.0 Å². The monoisotopic (exact) mass is 302 g/mol. The van der Waals surface area contributed by atoms with Crippen LogP contribution in [0.5, 0.6) is 5.75 Å². The summed E-state index contributed by atoms with van der Waals surface area (Å²) in [6.45, 7) is 1.96. The minimum Gasteiger partial charge on any atom is -0.507 e. The second-order valence-electron chi connectivity index (χ2n) is 4.74. The summed E-state index contributed by atoms with van der Waals surface area (Å²) >= 11 is 5.76. The van der Waals surface area contributed by atoms with Crippen LogP contribution >= 0.6 is 11.6 Å². The van der Waals surface area contributed by atoms with E-state index in [9.17, 15) is 14.7 Å². The molecule has 2 rings (SSSR count). The first-order valence-corrected chi connectivity index (χ1v) is 7.03. The second-order valence-corrected chi connectivity index (χ2v) is 5.17. The molecule has 0 bridgehead atoms. The fraction of sp³-hybridized carbons (Fsp3) is 0.176. The molecule has 0 fully saturated rings. The first-order valence-electron chi connectivity index (χ1n) is 6.65. The molecule has 4 heteroatoms. The molecule has 3 nitrogen and oxygen atoms in total. The van der Waals surface area contributed by atoms with E-state index >= 15 is 0 Å². The molecule has 0 aliphatic heterocycles. The van der Waals surface area contributed by atoms with Crippen LogP contribution in [0.3, 0.4) is 0 Å². The van der Waals surface area contributed by atoms with Gasteiger partial charge in [-0.1, -0.05) is 24.6 Å². The Kier molecular flexibility index (Phi) is 4.76. The lowest BCUT2D eigenvalue weighted by Gasteiger charge is -2.06. The van der Waals surface area contributed by atoms with Crippen molar-refractivity contribution < 1.29 is 14.7 Å². The number of aromatic hydroxyl groups is 1. The van der Waals surface area contributed by atoms with Crippen molar-refractivity contribution in [2.75, 3.05) is 0 Å². The van der Waals surface area contributed by atoms with Crippen molar-refractivity contribution in [2.45, 2.75) is 19.8 Å². The normalized spacial score (nSPS) is 10.4. The van der Waals surface area contributed by atoms with Crippen LogP contribution in [0.4, 0.5) is 0 Å². The fourth-order valence-electron chi connectivity index (χ4n) is 2.01. The molecule has 0 amide bonds. The number of Topliss-reactive ketones (excluding diaryl/α,β-unsaturated/α-hetero) is 2. The first-order chi connectivity index (χ1) is 10.0. The number of hydrogen-bond donors (Lipinski definition) is 1. The molecule has 0 saturated carbocycles. The van der Waals surface area contributed by atoms with Gasteiger partial charge in [0.2, 0.25) is 0 Å². The van der Waals surface area contributed by atoms with Gasteiger partial charge < -0.3 is 5.11 Å². The van der Waals surface area contributed by atoms with Crippen molar-refractivity contribution >= 4 is 23.2 Å². The quantitative estimate of drug-likeness (QED) is 0.669. The highest BCUT2D eigenvalue weighted by atomic mass is 35.5. The summed E-state index contributed by atoms with van der Waals surface area (Å²) in [6.07, 6.45) is 0.480. The predicted octanol–water partition coefficient (Wildman–Crippen LogP) is 4.06. The van der Waals surface area contributed by atoms with Crippen molar-refractivity contribution in [3.8, 4) is 5.75 Å². The third-order valence-corrected chi connectivity index (χ3v) is 3.51. The molecule has 0 unspecified atom stereocenters. The van der Waals surface area contributed by atoms with Gasteiger partial charge in [-0.25, -0.2) is 0 Å². The van der Waals surface area contributed by atoms with Crippen LogP contribution in [-0.2, 0) is 6.42 Å². The predicted molar refractivity (Wildman–Crippen MR) is 82.2 cm³/mol. The molecule has 0 aliphatic rings. The maximum absolute atomic E-state index is 12.2. The summed E-state index contributed by atoms with van der Waals surface area (Å²) in [7, 11) is 0. The van der Waals surface area contributed by atoms with E-state index in [-0.39, 0.29) is 29.3 Å². The number of carbonyl (C=O) groups is 2. The van der Waals surface area contributed by atoms with E-state index in [1.165, 1.54) is 6.07 Å². The summed E-state index contributed by atoms with van der Waals surface area (Å²) < 4.78 is 0. The molecule has 0 aliphatic carbocycles. The number of hydrogen-bond acceptors (Lipinski definition) is 3. The van der Waals surface area contributed by atoms with Crippen LogP contribution in [0.2, 0.25) is 5.02 Å². The number of benzene rings is 2. The van der Waals surface area contributed by atoms with Crippen LogP contribution in [0.1, 0.15) is 39.6 Å². The number of halogens is 1. The maximum atomic E-state index is 12.2. The smallest absolute Gasteiger partial charge is 0.174 e. The van der Waals surface area contributed by atoms with Crippen molar-refractivity contribution in [2.24, 2.45) is 0 Å². The molecule has 0 heterocycles. The van der Waals surface area contributed by atoms with Crippen LogP contribution in [0, 0.1) is 0 Å². The zero-order chi connectivity index (χ0) is 15.4. The average molecular weight is 303 g/mol. The minimum absolute atomic E-state index is 0.0962. The topological polar surface area (TPSA) is 54.4 Å². The number of aryl methyl sites for hydroxylation is 1. The summed E-state index contributed by atoms with van der Waals surface area (Å²) in [5, 5.41) is 10.3. The molecule has 0 radical (unpaired) electrons. The van der Waals surface area contributed by atoms with Crippen molar-refractivity contribution in [3.63, 3.8) is 0 Å². The van der Waals surface area contributed by atoms with Crippen LogP contribution in [0.25, 0.3) is 0 Å². The highest BCUT2D eigenvalue weighted by Gasteiger charge is 2.17. The zero-order valence-electron chi connectivity index (χ0n) is 11.6.